The van der Waals surface area contributed by atoms with Crippen molar-refractivity contribution >= 4 is 17.5 Å². The molecule has 2 aromatic heterocycles. The number of carbonyl (C=O) groups excluding carboxylic acids is 1. The Morgan fingerprint density at radius 3 is 2.68 bits per heavy atom. The summed E-state index contributed by atoms with van der Waals surface area (Å²) in [5.41, 5.74) is 3.15. The molecule has 28 heavy (non-hydrogen) atoms. The normalized spacial score (nSPS) is 18.0. The standard InChI is InChI=1S/C20H29N5O2S/c1-4-24-19(12-23-7-9-27-10-8-23)21-22-20(24)28-13-18(26)17-11-14(2)25(15(17)3)16-5-6-16/h11,16H,4-10,12-13H2,1-3H3. The third-order valence-corrected chi connectivity index (χ3v) is 6.57. The molecule has 1 aliphatic carbocycles. The zero-order valence-corrected chi connectivity index (χ0v) is 17.8. The minimum absolute atomic E-state index is 0.172. The van der Waals surface area contributed by atoms with Gasteiger partial charge in [0.05, 0.1) is 25.5 Å². The summed E-state index contributed by atoms with van der Waals surface area (Å²) < 4.78 is 9.87. The molecule has 0 spiro atoms. The lowest BCUT2D eigenvalue weighted by molar-refractivity contribution is 0.0325. The SMILES string of the molecule is CCn1c(CN2CCOCC2)nnc1SCC(=O)c1cc(C)n(C2CC2)c1C. The predicted molar refractivity (Wildman–Crippen MR) is 109 cm³/mol. The summed E-state index contributed by atoms with van der Waals surface area (Å²) in [6.07, 6.45) is 2.45. The van der Waals surface area contributed by atoms with Gasteiger partial charge < -0.3 is 13.9 Å². The number of ether oxygens (including phenoxy) is 1. The maximum absolute atomic E-state index is 12.9. The minimum Gasteiger partial charge on any atom is -0.379 e. The van der Waals surface area contributed by atoms with Crippen LogP contribution in [0.15, 0.2) is 11.2 Å². The number of morpholine rings is 1. The highest BCUT2D eigenvalue weighted by Crippen LogP contribution is 2.38. The number of nitrogens with zero attached hydrogens (tertiary/aromatic N) is 5. The number of aryl methyl sites for hydroxylation is 1. The number of thioether (sulfide) groups is 1. The van der Waals surface area contributed by atoms with Gasteiger partial charge in [0, 0.05) is 42.6 Å². The van der Waals surface area contributed by atoms with Gasteiger partial charge in [-0.2, -0.15) is 0 Å². The molecular formula is C20H29N5O2S. The number of Topliss-reactive ketones (excluding diaryl/α,β-unsaturated/α-hetero) is 1. The van der Waals surface area contributed by atoms with Crippen LogP contribution in [0, 0.1) is 13.8 Å². The van der Waals surface area contributed by atoms with Crippen molar-refractivity contribution < 1.29 is 9.53 Å². The van der Waals surface area contributed by atoms with Gasteiger partial charge in [-0.3, -0.25) is 9.69 Å². The van der Waals surface area contributed by atoms with E-state index in [1.165, 1.54) is 30.3 Å². The van der Waals surface area contributed by atoms with Gasteiger partial charge in [-0.1, -0.05) is 11.8 Å². The molecule has 1 saturated heterocycles. The summed E-state index contributed by atoms with van der Waals surface area (Å²) in [5, 5.41) is 9.58. The first-order chi connectivity index (χ1) is 13.6. The molecule has 8 heteroatoms. The molecule has 0 N–H and O–H groups in total. The van der Waals surface area contributed by atoms with Gasteiger partial charge in [-0.15, -0.1) is 10.2 Å². The molecular weight excluding hydrogens is 374 g/mol. The zero-order chi connectivity index (χ0) is 19.7. The van der Waals surface area contributed by atoms with E-state index < -0.39 is 0 Å². The first-order valence-corrected chi connectivity index (χ1v) is 11.1. The van der Waals surface area contributed by atoms with Gasteiger partial charge >= 0.3 is 0 Å². The Morgan fingerprint density at radius 2 is 2.00 bits per heavy atom. The van der Waals surface area contributed by atoms with Crippen LogP contribution in [-0.4, -0.2) is 62.1 Å². The van der Waals surface area contributed by atoms with Gasteiger partial charge in [0.2, 0.25) is 0 Å². The summed E-state index contributed by atoms with van der Waals surface area (Å²) in [6, 6.07) is 2.64. The van der Waals surface area contributed by atoms with Gasteiger partial charge in [-0.25, -0.2) is 0 Å². The molecule has 2 aliphatic rings. The Labute approximate surface area is 170 Å². The largest absolute Gasteiger partial charge is 0.379 e. The van der Waals surface area contributed by atoms with Crippen LogP contribution in [0.5, 0.6) is 0 Å². The van der Waals surface area contributed by atoms with Crippen LogP contribution in [0.25, 0.3) is 0 Å². The predicted octanol–water partition coefficient (Wildman–Crippen LogP) is 2.86. The quantitative estimate of drug-likeness (QED) is 0.499. The Morgan fingerprint density at radius 1 is 1.25 bits per heavy atom. The molecule has 2 fully saturated rings. The number of hydrogen-bond donors (Lipinski definition) is 0. The van der Waals surface area contributed by atoms with Crippen LogP contribution < -0.4 is 0 Å². The fraction of sp³-hybridized carbons (Fsp3) is 0.650. The summed E-state index contributed by atoms with van der Waals surface area (Å²) >= 11 is 1.49. The molecule has 0 atom stereocenters. The Kier molecular flexibility index (Phi) is 5.89. The third-order valence-electron chi connectivity index (χ3n) is 5.61. The topological polar surface area (TPSA) is 65.2 Å². The Balaban J connectivity index is 1.42. The average molecular weight is 404 g/mol. The number of ketones is 1. The van der Waals surface area contributed by atoms with Crippen molar-refractivity contribution in [1.82, 2.24) is 24.2 Å². The average Bonchev–Trinajstić information content (AvgIpc) is 3.38. The zero-order valence-electron chi connectivity index (χ0n) is 17.0. The van der Waals surface area contributed by atoms with Crippen LogP contribution in [-0.2, 0) is 17.8 Å². The van der Waals surface area contributed by atoms with Crippen molar-refractivity contribution in [2.75, 3.05) is 32.1 Å². The van der Waals surface area contributed by atoms with E-state index in [0.29, 0.717) is 11.8 Å². The first kappa shape index (κ1) is 19.7. The second kappa shape index (κ2) is 8.39. The lowest BCUT2D eigenvalue weighted by Crippen LogP contribution is -2.36. The van der Waals surface area contributed by atoms with Crippen LogP contribution in [0.3, 0.4) is 0 Å². The summed E-state index contributed by atoms with van der Waals surface area (Å²) in [7, 11) is 0. The lowest BCUT2D eigenvalue weighted by Gasteiger charge is -2.26. The van der Waals surface area contributed by atoms with E-state index >= 15 is 0 Å². The van der Waals surface area contributed by atoms with Crippen LogP contribution >= 0.6 is 11.8 Å². The highest BCUT2D eigenvalue weighted by Gasteiger charge is 2.28. The van der Waals surface area contributed by atoms with Crippen molar-refractivity contribution in [1.29, 1.82) is 0 Å². The fourth-order valence-corrected chi connectivity index (χ4v) is 4.89. The van der Waals surface area contributed by atoms with Gasteiger partial charge in [0.25, 0.3) is 0 Å². The molecule has 2 aromatic rings. The molecule has 0 radical (unpaired) electrons. The van der Waals surface area contributed by atoms with Crippen molar-refractivity contribution in [3.8, 4) is 0 Å². The highest BCUT2D eigenvalue weighted by molar-refractivity contribution is 7.99. The molecule has 4 rings (SSSR count). The van der Waals surface area contributed by atoms with Gasteiger partial charge in [0.1, 0.15) is 5.82 Å². The van der Waals surface area contributed by atoms with Crippen LogP contribution in [0.4, 0.5) is 0 Å². The smallest absolute Gasteiger partial charge is 0.191 e. The molecule has 0 bridgehead atoms. The first-order valence-electron chi connectivity index (χ1n) is 10.1. The maximum Gasteiger partial charge on any atom is 0.191 e. The van der Waals surface area contributed by atoms with E-state index in [4.69, 9.17) is 4.74 Å². The van der Waals surface area contributed by atoms with E-state index in [2.05, 4.69) is 45.0 Å². The number of rotatable bonds is 8. The summed E-state index contributed by atoms with van der Waals surface area (Å²) in [6.45, 7) is 11.2. The summed E-state index contributed by atoms with van der Waals surface area (Å²) in [4.78, 5) is 15.2. The van der Waals surface area contributed by atoms with E-state index in [-0.39, 0.29) is 5.78 Å². The molecule has 1 saturated carbocycles. The van der Waals surface area contributed by atoms with E-state index in [9.17, 15) is 4.79 Å². The fourth-order valence-electron chi connectivity index (χ4n) is 3.98. The third kappa shape index (κ3) is 4.04. The van der Waals surface area contributed by atoms with Gasteiger partial charge in [-0.05, 0) is 39.7 Å². The highest BCUT2D eigenvalue weighted by atomic mass is 32.2. The molecule has 3 heterocycles. The monoisotopic (exact) mass is 403 g/mol. The minimum atomic E-state index is 0.172. The Bertz CT molecular complexity index is 849. The van der Waals surface area contributed by atoms with Crippen molar-refractivity contribution in [3.05, 3.63) is 28.8 Å². The maximum atomic E-state index is 12.9. The van der Waals surface area contributed by atoms with E-state index in [0.717, 1.165) is 61.6 Å². The number of hydrogen-bond acceptors (Lipinski definition) is 6. The molecule has 0 unspecified atom stereocenters. The van der Waals surface area contributed by atoms with Crippen LogP contribution in [0.2, 0.25) is 0 Å². The number of aromatic nitrogens is 4. The van der Waals surface area contributed by atoms with Crippen molar-refractivity contribution in [2.45, 2.75) is 57.9 Å². The second-order valence-corrected chi connectivity index (χ2v) is 8.57. The molecule has 152 valence electrons. The van der Waals surface area contributed by atoms with E-state index in [1.807, 2.05) is 6.07 Å². The van der Waals surface area contributed by atoms with E-state index in [1.54, 1.807) is 0 Å². The molecule has 0 amide bonds. The van der Waals surface area contributed by atoms with Crippen molar-refractivity contribution in [2.24, 2.45) is 0 Å². The second-order valence-electron chi connectivity index (χ2n) is 7.63. The van der Waals surface area contributed by atoms with Crippen molar-refractivity contribution in [3.63, 3.8) is 0 Å². The Hall–Kier alpha value is -1.64. The molecule has 1 aliphatic heterocycles. The summed E-state index contributed by atoms with van der Waals surface area (Å²) in [5.74, 6) is 1.53. The van der Waals surface area contributed by atoms with Crippen LogP contribution in [0.1, 0.15) is 53.4 Å². The lowest BCUT2D eigenvalue weighted by atomic mass is 10.2. The number of carbonyl (C=O) groups is 1. The molecule has 7 nitrogen and oxygen atoms in total. The molecule has 0 aromatic carbocycles. The van der Waals surface area contributed by atoms with Gasteiger partial charge in [0.15, 0.2) is 10.9 Å².